The van der Waals surface area contributed by atoms with E-state index in [0.29, 0.717) is 17.1 Å². The summed E-state index contributed by atoms with van der Waals surface area (Å²) >= 11 is 0. The van der Waals surface area contributed by atoms with Gasteiger partial charge < -0.3 is 9.47 Å². The van der Waals surface area contributed by atoms with Crippen molar-refractivity contribution in [3.8, 4) is 11.5 Å². The molecule has 0 N–H and O–H groups in total. The molecule has 1 aliphatic heterocycles. The van der Waals surface area contributed by atoms with Crippen molar-refractivity contribution in [2.75, 3.05) is 7.11 Å². The molecule has 3 aliphatic carbocycles. The molecule has 0 aromatic heterocycles. The summed E-state index contributed by atoms with van der Waals surface area (Å²) in [7, 11) is 1.51. The van der Waals surface area contributed by atoms with Crippen molar-refractivity contribution in [3.05, 3.63) is 75.9 Å². The summed E-state index contributed by atoms with van der Waals surface area (Å²) in [5.41, 5.74) is 1.44. The van der Waals surface area contributed by atoms with Gasteiger partial charge in [-0.2, -0.15) is 10.1 Å². The van der Waals surface area contributed by atoms with Gasteiger partial charge in [0.25, 0.3) is 17.5 Å². The van der Waals surface area contributed by atoms with Crippen LogP contribution in [-0.2, 0) is 16.2 Å². The monoisotopic (exact) mass is 461 g/mol. The molecule has 2 bridgehead atoms. The molecule has 1 saturated carbocycles. The Balaban J connectivity index is 1.27. The first kappa shape index (κ1) is 21.8. The number of imide groups is 1. The molecular weight excluding hydrogens is 438 g/mol. The highest BCUT2D eigenvalue weighted by Gasteiger charge is 2.56. The average Bonchev–Trinajstić information content (AvgIpc) is 3.14. The fourth-order valence-corrected chi connectivity index (χ4v) is 5.06. The summed E-state index contributed by atoms with van der Waals surface area (Å²) in [5.74, 6) is 0.163. The van der Waals surface area contributed by atoms with Gasteiger partial charge in [0.1, 0.15) is 6.61 Å². The Morgan fingerprint density at radius 3 is 2.24 bits per heavy atom. The van der Waals surface area contributed by atoms with Gasteiger partial charge in [-0.05, 0) is 66.1 Å². The van der Waals surface area contributed by atoms with E-state index < -0.39 is 4.92 Å². The van der Waals surface area contributed by atoms with Crippen LogP contribution < -0.4 is 9.47 Å². The van der Waals surface area contributed by atoms with Gasteiger partial charge >= 0.3 is 0 Å². The van der Waals surface area contributed by atoms with Crippen LogP contribution in [0.4, 0.5) is 5.69 Å². The predicted octanol–water partition coefficient (Wildman–Crippen LogP) is 3.71. The first-order valence-corrected chi connectivity index (χ1v) is 11.1. The van der Waals surface area contributed by atoms with Gasteiger partial charge in [0.15, 0.2) is 11.5 Å². The number of ether oxygens (including phenoxy) is 2. The second kappa shape index (κ2) is 8.74. The molecule has 4 aliphatic rings. The minimum atomic E-state index is -0.452. The zero-order valence-corrected chi connectivity index (χ0v) is 18.5. The highest BCUT2D eigenvalue weighted by atomic mass is 16.6. The van der Waals surface area contributed by atoms with Gasteiger partial charge in [-0.1, -0.05) is 12.2 Å². The number of benzene rings is 2. The Hall–Kier alpha value is -4.01. The number of hydrogen-bond donors (Lipinski definition) is 0. The van der Waals surface area contributed by atoms with Crippen molar-refractivity contribution < 1.29 is 24.0 Å². The molecule has 6 rings (SSSR count). The molecule has 0 spiro atoms. The summed E-state index contributed by atoms with van der Waals surface area (Å²) < 4.78 is 11.2. The Morgan fingerprint density at radius 2 is 1.68 bits per heavy atom. The van der Waals surface area contributed by atoms with E-state index >= 15 is 0 Å². The zero-order chi connectivity index (χ0) is 23.8. The lowest BCUT2D eigenvalue weighted by Gasteiger charge is -2.37. The van der Waals surface area contributed by atoms with Crippen molar-refractivity contribution in [1.82, 2.24) is 5.01 Å². The first-order valence-electron chi connectivity index (χ1n) is 11.1. The zero-order valence-electron chi connectivity index (χ0n) is 18.5. The second-order valence-electron chi connectivity index (χ2n) is 8.70. The quantitative estimate of drug-likeness (QED) is 0.204. The minimum absolute atomic E-state index is 0.0168. The van der Waals surface area contributed by atoms with E-state index in [1.165, 1.54) is 25.5 Å². The van der Waals surface area contributed by atoms with Crippen molar-refractivity contribution in [1.29, 1.82) is 0 Å². The number of amides is 2. The van der Waals surface area contributed by atoms with E-state index in [2.05, 4.69) is 17.3 Å². The number of nitrogens with zero attached hydrogens (tertiary/aromatic N) is 3. The number of allylic oxidation sites excluding steroid dienone is 2. The van der Waals surface area contributed by atoms with Crippen LogP contribution >= 0.6 is 0 Å². The molecule has 2 aromatic carbocycles. The van der Waals surface area contributed by atoms with Crippen LogP contribution in [0.1, 0.15) is 24.0 Å². The molecule has 4 atom stereocenters. The van der Waals surface area contributed by atoms with Crippen molar-refractivity contribution >= 4 is 23.7 Å². The SMILES string of the molecule is COc1cc(/C=N\N2C(=O)[C@@H]3[C@H](C2=O)[C@H]2C=C[C@H]3CC2)ccc1OCc1ccc([N+](=O)[O-])cc1. The average molecular weight is 461 g/mol. The predicted molar refractivity (Wildman–Crippen MR) is 122 cm³/mol. The lowest BCUT2D eigenvalue weighted by molar-refractivity contribution is -0.384. The fourth-order valence-electron chi connectivity index (χ4n) is 5.06. The molecular formula is C25H23N3O6. The molecule has 2 fully saturated rings. The van der Waals surface area contributed by atoms with Gasteiger partial charge in [-0.25, -0.2) is 0 Å². The van der Waals surface area contributed by atoms with Crippen LogP contribution in [0.3, 0.4) is 0 Å². The van der Waals surface area contributed by atoms with Crippen LogP contribution in [0, 0.1) is 33.8 Å². The van der Waals surface area contributed by atoms with E-state index in [1.807, 2.05) is 0 Å². The van der Waals surface area contributed by atoms with E-state index in [-0.39, 0.29) is 47.8 Å². The maximum absolute atomic E-state index is 12.9. The molecule has 1 saturated heterocycles. The largest absolute Gasteiger partial charge is 0.493 e. The summed E-state index contributed by atoms with van der Waals surface area (Å²) in [5, 5.41) is 16.0. The number of nitro groups is 1. The van der Waals surface area contributed by atoms with Gasteiger partial charge in [0.05, 0.1) is 30.1 Å². The van der Waals surface area contributed by atoms with Crippen LogP contribution in [0.5, 0.6) is 11.5 Å². The van der Waals surface area contributed by atoms with Crippen LogP contribution in [-0.4, -0.2) is 35.1 Å². The minimum Gasteiger partial charge on any atom is -0.493 e. The second-order valence-corrected chi connectivity index (χ2v) is 8.70. The van der Waals surface area contributed by atoms with Crippen molar-refractivity contribution in [2.24, 2.45) is 28.8 Å². The Kier molecular flexibility index (Phi) is 5.61. The van der Waals surface area contributed by atoms with E-state index in [4.69, 9.17) is 9.47 Å². The Bertz CT molecular complexity index is 1170. The molecule has 174 valence electrons. The summed E-state index contributed by atoms with van der Waals surface area (Å²) in [6.45, 7) is 0.206. The lowest BCUT2D eigenvalue weighted by Crippen LogP contribution is -2.38. The standard InChI is InChI=1S/C25H23N3O6/c1-33-21-12-16(4-11-20(21)34-14-15-2-9-19(10-3-15)28(31)32)13-26-27-24(29)22-17-5-6-18(8-7-17)23(22)25(27)30/h2-6,9-13,17-18,22-23H,7-8,14H2,1H3/b26-13-/t17-,18-,22-,23+/m0/s1. The highest BCUT2D eigenvalue weighted by Crippen LogP contribution is 2.49. The number of non-ortho nitro benzene ring substituents is 1. The highest BCUT2D eigenvalue weighted by molar-refractivity contribution is 6.06. The third kappa shape index (κ3) is 3.83. The molecule has 2 aromatic rings. The van der Waals surface area contributed by atoms with Gasteiger partial charge in [-0.3, -0.25) is 19.7 Å². The summed E-state index contributed by atoms with van der Waals surface area (Å²) in [4.78, 5) is 36.1. The Labute approximate surface area is 195 Å². The fraction of sp³-hybridized carbons (Fsp3) is 0.320. The lowest BCUT2D eigenvalue weighted by atomic mass is 9.63. The Morgan fingerprint density at radius 1 is 1.03 bits per heavy atom. The normalized spacial score (nSPS) is 25.1. The number of nitro benzene ring substituents is 1. The molecule has 0 radical (unpaired) electrons. The van der Waals surface area contributed by atoms with E-state index in [0.717, 1.165) is 23.4 Å². The van der Waals surface area contributed by atoms with Crippen molar-refractivity contribution in [3.63, 3.8) is 0 Å². The molecule has 9 nitrogen and oxygen atoms in total. The number of hydrogen-bond acceptors (Lipinski definition) is 7. The maximum Gasteiger partial charge on any atom is 0.269 e. The maximum atomic E-state index is 12.9. The van der Waals surface area contributed by atoms with Crippen LogP contribution in [0.2, 0.25) is 0 Å². The van der Waals surface area contributed by atoms with Gasteiger partial charge in [-0.15, -0.1) is 0 Å². The number of hydrazone groups is 1. The smallest absolute Gasteiger partial charge is 0.269 e. The number of fused-ring (bicyclic) bond motifs is 1. The van der Waals surface area contributed by atoms with Crippen molar-refractivity contribution in [2.45, 2.75) is 19.4 Å². The number of carbonyl (C=O) groups is 2. The topological polar surface area (TPSA) is 111 Å². The first-order chi connectivity index (χ1) is 16.5. The number of rotatable bonds is 7. The summed E-state index contributed by atoms with van der Waals surface area (Å²) in [6.07, 6.45) is 7.52. The van der Waals surface area contributed by atoms with E-state index in [9.17, 15) is 19.7 Å². The van der Waals surface area contributed by atoms with Crippen LogP contribution in [0.15, 0.2) is 59.7 Å². The molecule has 1 heterocycles. The van der Waals surface area contributed by atoms with E-state index in [1.54, 1.807) is 30.3 Å². The molecule has 0 unspecified atom stereocenters. The number of carbonyl (C=O) groups excluding carboxylic acids is 2. The molecule has 34 heavy (non-hydrogen) atoms. The van der Waals surface area contributed by atoms with Gasteiger partial charge in [0.2, 0.25) is 0 Å². The summed E-state index contributed by atoms with van der Waals surface area (Å²) in [6, 6.07) is 11.3. The number of methoxy groups -OCH3 is 1. The third-order valence-electron chi connectivity index (χ3n) is 6.79. The third-order valence-corrected chi connectivity index (χ3v) is 6.79. The molecule has 9 heteroatoms. The van der Waals surface area contributed by atoms with Crippen LogP contribution in [0.25, 0.3) is 0 Å². The van der Waals surface area contributed by atoms with Gasteiger partial charge in [0, 0.05) is 12.1 Å². The molecule has 2 amide bonds.